The van der Waals surface area contributed by atoms with Gasteiger partial charge in [-0.15, -0.1) is 0 Å². The topological polar surface area (TPSA) is 69.6 Å². The Hall–Kier alpha value is -0.610. The van der Waals surface area contributed by atoms with Crippen LogP contribution in [0.2, 0.25) is 0 Å². The van der Waals surface area contributed by atoms with Crippen LogP contribution in [0.5, 0.6) is 0 Å². The van der Waals surface area contributed by atoms with Crippen LogP contribution in [0.4, 0.5) is 0 Å². The molecule has 0 amide bonds. The van der Waals surface area contributed by atoms with Gasteiger partial charge in [-0.1, -0.05) is 20.3 Å². The Labute approximate surface area is 103 Å². The fourth-order valence-corrected chi connectivity index (χ4v) is 2.62. The Morgan fingerprint density at radius 1 is 1.41 bits per heavy atom. The molecule has 0 heterocycles. The average Bonchev–Trinajstić information content (AvgIpc) is 2.28. The van der Waals surface area contributed by atoms with E-state index in [0.29, 0.717) is 12.0 Å². The lowest BCUT2D eigenvalue weighted by atomic mass is 9.85. The highest BCUT2D eigenvalue weighted by Crippen LogP contribution is 2.25. The third kappa shape index (κ3) is 4.64. The summed E-state index contributed by atoms with van der Waals surface area (Å²) in [5, 5.41) is 21.6. The Morgan fingerprint density at radius 2 is 2.12 bits per heavy atom. The van der Waals surface area contributed by atoms with Gasteiger partial charge in [0.25, 0.3) is 0 Å². The minimum atomic E-state index is -0.667. The lowest BCUT2D eigenvalue weighted by molar-refractivity contribution is -0.143. The van der Waals surface area contributed by atoms with E-state index < -0.39 is 5.97 Å². The van der Waals surface area contributed by atoms with Crippen LogP contribution in [0.1, 0.15) is 46.0 Å². The molecule has 17 heavy (non-hydrogen) atoms. The van der Waals surface area contributed by atoms with Crippen molar-refractivity contribution in [3.8, 4) is 0 Å². The van der Waals surface area contributed by atoms with Gasteiger partial charge in [-0.05, 0) is 31.6 Å². The van der Waals surface area contributed by atoms with E-state index in [1.54, 1.807) is 0 Å². The quantitative estimate of drug-likeness (QED) is 0.663. The fraction of sp³-hybridized carbons (Fsp3) is 0.923. The van der Waals surface area contributed by atoms with Crippen molar-refractivity contribution < 1.29 is 15.0 Å². The number of hydrogen-bond donors (Lipinski definition) is 3. The molecule has 0 aromatic carbocycles. The van der Waals surface area contributed by atoms with Crippen molar-refractivity contribution >= 4 is 5.97 Å². The van der Waals surface area contributed by atoms with Gasteiger partial charge >= 0.3 is 5.97 Å². The van der Waals surface area contributed by atoms with Crippen molar-refractivity contribution in [1.29, 1.82) is 0 Å². The second kappa shape index (κ2) is 6.97. The number of carboxylic acid groups (broad SMARTS) is 1. The van der Waals surface area contributed by atoms with Crippen molar-refractivity contribution in [2.75, 3.05) is 6.61 Å². The molecule has 0 aromatic heterocycles. The first-order valence-electron chi connectivity index (χ1n) is 6.64. The molecule has 3 atom stereocenters. The SMILES string of the molecule is CC(C)C(CCO)NC1CCCC(C(=O)O)C1. The highest BCUT2D eigenvalue weighted by atomic mass is 16.4. The summed E-state index contributed by atoms with van der Waals surface area (Å²) in [6.07, 6.45) is 4.31. The summed E-state index contributed by atoms with van der Waals surface area (Å²) in [5.74, 6) is -0.393. The van der Waals surface area contributed by atoms with Gasteiger partial charge in [0.15, 0.2) is 0 Å². The second-order valence-electron chi connectivity index (χ2n) is 5.43. The number of aliphatic carboxylic acids is 1. The molecule has 4 heteroatoms. The van der Waals surface area contributed by atoms with Gasteiger partial charge in [-0.2, -0.15) is 0 Å². The molecule has 1 saturated carbocycles. The highest BCUT2D eigenvalue weighted by Gasteiger charge is 2.28. The molecule has 0 spiro atoms. The minimum Gasteiger partial charge on any atom is -0.481 e. The van der Waals surface area contributed by atoms with Crippen molar-refractivity contribution in [3.05, 3.63) is 0 Å². The molecule has 3 N–H and O–H groups in total. The summed E-state index contributed by atoms with van der Waals surface area (Å²) < 4.78 is 0. The molecule has 1 rings (SSSR count). The number of aliphatic hydroxyl groups excluding tert-OH is 1. The third-order valence-electron chi connectivity index (χ3n) is 3.72. The molecule has 0 saturated heterocycles. The van der Waals surface area contributed by atoms with Gasteiger partial charge in [0.2, 0.25) is 0 Å². The van der Waals surface area contributed by atoms with Crippen LogP contribution in [0.25, 0.3) is 0 Å². The first-order chi connectivity index (χ1) is 8.04. The van der Waals surface area contributed by atoms with E-state index in [1.165, 1.54) is 0 Å². The molecule has 0 radical (unpaired) electrons. The van der Waals surface area contributed by atoms with Crippen LogP contribution in [0, 0.1) is 11.8 Å². The van der Waals surface area contributed by atoms with Crippen molar-refractivity contribution in [3.63, 3.8) is 0 Å². The van der Waals surface area contributed by atoms with Crippen LogP contribution >= 0.6 is 0 Å². The van der Waals surface area contributed by atoms with Crippen LogP contribution in [-0.4, -0.2) is 34.9 Å². The molecule has 4 nitrogen and oxygen atoms in total. The molecule has 100 valence electrons. The third-order valence-corrected chi connectivity index (χ3v) is 3.72. The lowest BCUT2D eigenvalue weighted by Gasteiger charge is -2.32. The van der Waals surface area contributed by atoms with Gasteiger partial charge in [-0.25, -0.2) is 0 Å². The number of nitrogens with one attached hydrogen (secondary N) is 1. The molecule has 1 aliphatic rings. The average molecular weight is 243 g/mol. The zero-order chi connectivity index (χ0) is 12.8. The van der Waals surface area contributed by atoms with E-state index in [2.05, 4.69) is 19.2 Å². The summed E-state index contributed by atoms with van der Waals surface area (Å²) in [4.78, 5) is 11.0. The predicted octanol–water partition coefficient (Wildman–Crippen LogP) is 1.63. The standard InChI is InChI=1S/C13H25NO3/c1-9(2)12(6-7-15)14-11-5-3-4-10(8-11)13(16)17/h9-12,14-15H,3-8H2,1-2H3,(H,16,17). The molecule has 0 bridgehead atoms. The zero-order valence-corrected chi connectivity index (χ0v) is 10.9. The number of aliphatic hydroxyl groups is 1. The van der Waals surface area contributed by atoms with Crippen molar-refractivity contribution in [1.82, 2.24) is 5.32 Å². The second-order valence-corrected chi connectivity index (χ2v) is 5.43. The van der Waals surface area contributed by atoms with Crippen LogP contribution in [0.15, 0.2) is 0 Å². The van der Waals surface area contributed by atoms with E-state index in [1.807, 2.05) is 0 Å². The van der Waals surface area contributed by atoms with Crippen molar-refractivity contribution in [2.24, 2.45) is 11.8 Å². The normalized spacial score (nSPS) is 27.1. The first-order valence-corrected chi connectivity index (χ1v) is 6.64. The van der Waals surface area contributed by atoms with Gasteiger partial charge < -0.3 is 15.5 Å². The number of hydrogen-bond acceptors (Lipinski definition) is 3. The molecule has 1 aliphatic carbocycles. The van der Waals surface area contributed by atoms with Crippen LogP contribution in [-0.2, 0) is 4.79 Å². The molecule has 0 aliphatic heterocycles. The van der Waals surface area contributed by atoms with Gasteiger partial charge in [-0.3, -0.25) is 4.79 Å². The minimum absolute atomic E-state index is 0.185. The number of rotatable bonds is 6. The van der Waals surface area contributed by atoms with E-state index in [0.717, 1.165) is 32.1 Å². The molecule has 1 fully saturated rings. The van der Waals surface area contributed by atoms with Crippen LogP contribution < -0.4 is 5.32 Å². The maximum Gasteiger partial charge on any atom is 0.306 e. The maximum absolute atomic E-state index is 11.0. The van der Waals surface area contributed by atoms with Gasteiger partial charge in [0.1, 0.15) is 0 Å². The summed E-state index contributed by atoms with van der Waals surface area (Å²) in [6, 6.07) is 0.585. The number of carbonyl (C=O) groups is 1. The Balaban J connectivity index is 2.46. The zero-order valence-electron chi connectivity index (χ0n) is 10.9. The predicted molar refractivity (Wildman–Crippen MR) is 66.8 cm³/mol. The molecular formula is C13H25NO3. The highest BCUT2D eigenvalue weighted by molar-refractivity contribution is 5.70. The Kier molecular flexibility index (Phi) is 5.92. The van der Waals surface area contributed by atoms with E-state index in [-0.39, 0.29) is 18.6 Å². The largest absolute Gasteiger partial charge is 0.481 e. The van der Waals surface area contributed by atoms with Crippen LogP contribution in [0.3, 0.4) is 0 Å². The molecule has 3 unspecified atom stereocenters. The summed E-state index contributed by atoms with van der Waals surface area (Å²) >= 11 is 0. The first kappa shape index (κ1) is 14.5. The summed E-state index contributed by atoms with van der Waals surface area (Å²) in [7, 11) is 0. The summed E-state index contributed by atoms with van der Waals surface area (Å²) in [6.45, 7) is 4.45. The number of carboxylic acids is 1. The lowest BCUT2D eigenvalue weighted by Crippen LogP contribution is -2.45. The van der Waals surface area contributed by atoms with E-state index >= 15 is 0 Å². The van der Waals surface area contributed by atoms with Gasteiger partial charge in [0, 0.05) is 18.7 Å². The smallest absolute Gasteiger partial charge is 0.306 e. The van der Waals surface area contributed by atoms with Crippen molar-refractivity contribution in [2.45, 2.75) is 58.0 Å². The maximum atomic E-state index is 11.0. The Bertz CT molecular complexity index is 243. The van der Waals surface area contributed by atoms with E-state index in [4.69, 9.17) is 10.2 Å². The van der Waals surface area contributed by atoms with Gasteiger partial charge in [0.05, 0.1) is 5.92 Å². The van der Waals surface area contributed by atoms with E-state index in [9.17, 15) is 4.79 Å². The summed E-state index contributed by atoms with van der Waals surface area (Å²) in [5.41, 5.74) is 0. The monoisotopic (exact) mass is 243 g/mol. The molecule has 0 aromatic rings. The fourth-order valence-electron chi connectivity index (χ4n) is 2.62. The Morgan fingerprint density at radius 3 is 2.65 bits per heavy atom. The molecular weight excluding hydrogens is 218 g/mol.